The Morgan fingerprint density at radius 2 is 2.05 bits per heavy atom. The third kappa shape index (κ3) is 5.16. The van der Waals surface area contributed by atoms with Crippen LogP contribution in [0.5, 0.6) is 5.75 Å². The number of para-hydroxylation sites is 1. The van der Waals surface area contributed by atoms with Crippen LogP contribution in [-0.2, 0) is 6.54 Å². The molecule has 22 heavy (non-hydrogen) atoms. The second-order valence-electron chi connectivity index (χ2n) is 5.31. The van der Waals surface area contributed by atoms with Gasteiger partial charge in [-0.1, -0.05) is 31.0 Å². The van der Waals surface area contributed by atoms with E-state index < -0.39 is 6.61 Å². The zero-order valence-corrected chi connectivity index (χ0v) is 12.8. The molecule has 1 aromatic rings. The molecule has 0 radical (unpaired) electrons. The maximum atomic E-state index is 12.4. The van der Waals surface area contributed by atoms with E-state index in [0.717, 1.165) is 25.3 Å². The van der Waals surface area contributed by atoms with Crippen molar-refractivity contribution in [3.05, 3.63) is 29.8 Å². The van der Waals surface area contributed by atoms with Gasteiger partial charge in [-0.25, -0.2) is 4.99 Å². The Labute approximate surface area is 130 Å². The predicted octanol–water partition coefficient (Wildman–Crippen LogP) is 3.29. The van der Waals surface area contributed by atoms with Gasteiger partial charge in [0.05, 0.1) is 6.54 Å². The topological polar surface area (TPSA) is 45.7 Å². The second-order valence-corrected chi connectivity index (χ2v) is 5.31. The lowest BCUT2D eigenvalue weighted by molar-refractivity contribution is -0.0504. The molecular formula is C16H23F2N3O. The SMILES string of the molecule is CCNC(=NCc1ccccc1OC(F)F)NC1CCCC1. The van der Waals surface area contributed by atoms with Crippen molar-refractivity contribution in [3.8, 4) is 5.75 Å². The molecule has 2 N–H and O–H groups in total. The smallest absolute Gasteiger partial charge is 0.387 e. The van der Waals surface area contributed by atoms with Crippen LogP contribution in [-0.4, -0.2) is 25.2 Å². The molecule has 1 fully saturated rings. The number of rotatable bonds is 6. The van der Waals surface area contributed by atoms with Gasteiger partial charge < -0.3 is 15.4 Å². The molecule has 0 heterocycles. The fourth-order valence-electron chi connectivity index (χ4n) is 2.59. The van der Waals surface area contributed by atoms with Crippen LogP contribution in [0.1, 0.15) is 38.2 Å². The van der Waals surface area contributed by atoms with E-state index in [9.17, 15) is 8.78 Å². The van der Waals surface area contributed by atoms with Crippen LogP contribution in [0.4, 0.5) is 8.78 Å². The standard InChI is InChI=1S/C16H23F2N3O/c1-2-19-16(21-13-8-4-5-9-13)20-11-12-7-3-6-10-14(12)22-15(17)18/h3,6-7,10,13,15H,2,4-5,8-9,11H2,1H3,(H2,19,20,21). The Hall–Kier alpha value is -1.85. The first-order valence-electron chi connectivity index (χ1n) is 7.76. The number of alkyl halides is 2. The molecule has 6 heteroatoms. The maximum absolute atomic E-state index is 12.4. The second kappa shape index (κ2) is 8.56. The number of aliphatic imine (C=N–C) groups is 1. The van der Waals surface area contributed by atoms with Gasteiger partial charge in [-0.15, -0.1) is 0 Å². The number of halogens is 2. The Bertz CT molecular complexity index is 488. The first-order chi connectivity index (χ1) is 10.7. The summed E-state index contributed by atoms with van der Waals surface area (Å²) in [6.07, 6.45) is 4.77. The number of hydrogen-bond acceptors (Lipinski definition) is 2. The highest BCUT2D eigenvalue weighted by Gasteiger charge is 2.16. The van der Waals surface area contributed by atoms with Crippen LogP contribution in [0.2, 0.25) is 0 Å². The predicted molar refractivity (Wildman–Crippen MR) is 83.3 cm³/mol. The van der Waals surface area contributed by atoms with Gasteiger partial charge >= 0.3 is 6.61 Å². The van der Waals surface area contributed by atoms with Gasteiger partial charge in [-0.3, -0.25) is 0 Å². The van der Waals surface area contributed by atoms with E-state index >= 15 is 0 Å². The van der Waals surface area contributed by atoms with Crippen LogP contribution in [0.15, 0.2) is 29.3 Å². The van der Waals surface area contributed by atoms with E-state index in [2.05, 4.69) is 20.4 Å². The van der Waals surface area contributed by atoms with Gasteiger partial charge in [0.25, 0.3) is 0 Å². The highest BCUT2D eigenvalue weighted by atomic mass is 19.3. The van der Waals surface area contributed by atoms with Crippen LogP contribution >= 0.6 is 0 Å². The molecule has 1 aliphatic carbocycles. The lowest BCUT2D eigenvalue weighted by atomic mass is 10.2. The molecule has 0 bridgehead atoms. The molecule has 0 atom stereocenters. The number of guanidine groups is 1. The maximum Gasteiger partial charge on any atom is 0.387 e. The van der Waals surface area contributed by atoms with Crippen molar-refractivity contribution in [2.45, 2.75) is 51.8 Å². The zero-order chi connectivity index (χ0) is 15.8. The van der Waals surface area contributed by atoms with Crippen molar-refractivity contribution in [1.82, 2.24) is 10.6 Å². The number of benzene rings is 1. The van der Waals surface area contributed by atoms with Gasteiger partial charge in [0.2, 0.25) is 0 Å². The molecule has 0 aromatic heterocycles. The molecule has 122 valence electrons. The summed E-state index contributed by atoms with van der Waals surface area (Å²) >= 11 is 0. The molecular weight excluding hydrogens is 288 g/mol. The number of ether oxygens (including phenoxy) is 1. The first-order valence-corrected chi connectivity index (χ1v) is 7.76. The van der Waals surface area contributed by atoms with Gasteiger partial charge in [0, 0.05) is 18.2 Å². The Morgan fingerprint density at radius 1 is 1.32 bits per heavy atom. The first kappa shape index (κ1) is 16.5. The van der Waals surface area contributed by atoms with Gasteiger partial charge in [0.1, 0.15) is 5.75 Å². The van der Waals surface area contributed by atoms with Crippen LogP contribution in [0.3, 0.4) is 0 Å². The molecule has 4 nitrogen and oxygen atoms in total. The number of nitrogens with zero attached hydrogens (tertiary/aromatic N) is 1. The summed E-state index contributed by atoms with van der Waals surface area (Å²) in [4.78, 5) is 4.48. The summed E-state index contributed by atoms with van der Waals surface area (Å²) < 4.78 is 29.3. The average molecular weight is 311 g/mol. The van der Waals surface area contributed by atoms with Crippen molar-refractivity contribution < 1.29 is 13.5 Å². The molecule has 0 unspecified atom stereocenters. The summed E-state index contributed by atoms with van der Waals surface area (Å²) in [5.41, 5.74) is 0.645. The average Bonchev–Trinajstić information content (AvgIpc) is 2.99. The lowest BCUT2D eigenvalue weighted by Crippen LogP contribution is -2.42. The minimum atomic E-state index is -2.82. The quantitative estimate of drug-likeness (QED) is 0.626. The summed E-state index contributed by atoms with van der Waals surface area (Å²) in [6.45, 7) is 0.230. The minimum Gasteiger partial charge on any atom is -0.434 e. The van der Waals surface area contributed by atoms with E-state index in [0.29, 0.717) is 18.2 Å². The fourth-order valence-corrected chi connectivity index (χ4v) is 2.59. The van der Waals surface area contributed by atoms with Crippen molar-refractivity contribution in [1.29, 1.82) is 0 Å². The molecule has 0 spiro atoms. The monoisotopic (exact) mass is 311 g/mol. The van der Waals surface area contributed by atoms with E-state index in [-0.39, 0.29) is 5.75 Å². The Balaban J connectivity index is 2.02. The Morgan fingerprint density at radius 3 is 2.73 bits per heavy atom. The molecule has 1 aromatic carbocycles. The van der Waals surface area contributed by atoms with Crippen LogP contribution in [0, 0.1) is 0 Å². The van der Waals surface area contributed by atoms with E-state index in [4.69, 9.17) is 0 Å². The number of hydrogen-bond donors (Lipinski definition) is 2. The highest BCUT2D eigenvalue weighted by Crippen LogP contribution is 2.21. The summed E-state index contributed by atoms with van der Waals surface area (Å²) in [5, 5.41) is 6.59. The summed E-state index contributed by atoms with van der Waals surface area (Å²) in [6, 6.07) is 7.20. The third-order valence-corrected chi connectivity index (χ3v) is 3.64. The number of nitrogens with one attached hydrogen (secondary N) is 2. The molecule has 0 saturated heterocycles. The van der Waals surface area contributed by atoms with Crippen molar-refractivity contribution in [2.75, 3.05) is 6.54 Å². The normalized spacial score (nSPS) is 16.1. The molecule has 2 rings (SSSR count). The van der Waals surface area contributed by atoms with Crippen molar-refractivity contribution in [3.63, 3.8) is 0 Å². The van der Waals surface area contributed by atoms with Crippen molar-refractivity contribution in [2.24, 2.45) is 4.99 Å². The zero-order valence-electron chi connectivity index (χ0n) is 12.8. The van der Waals surface area contributed by atoms with Gasteiger partial charge in [-0.2, -0.15) is 8.78 Å². The van der Waals surface area contributed by atoms with Gasteiger partial charge in [-0.05, 0) is 25.8 Å². The largest absolute Gasteiger partial charge is 0.434 e. The summed E-state index contributed by atoms with van der Waals surface area (Å²) in [7, 11) is 0. The molecule has 0 aliphatic heterocycles. The van der Waals surface area contributed by atoms with E-state index in [1.54, 1.807) is 18.2 Å². The Kier molecular flexibility index (Phi) is 6.43. The summed E-state index contributed by atoms with van der Waals surface area (Å²) in [5.74, 6) is 0.902. The molecule has 1 saturated carbocycles. The van der Waals surface area contributed by atoms with Crippen LogP contribution < -0.4 is 15.4 Å². The molecule has 0 amide bonds. The van der Waals surface area contributed by atoms with E-state index in [1.165, 1.54) is 18.9 Å². The highest BCUT2D eigenvalue weighted by molar-refractivity contribution is 5.80. The van der Waals surface area contributed by atoms with E-state index in [1.807, 2.05) is 6.92 Å². The lowest BCUT2D eigenvalue weighted by Gasteiger charge is -2.17. The van der Waals surface area contributed by atoms with Gasteiger partial charge in [0.15, 0.2) is 5.96 Å². The van der Waals surface area contributed by atoms with Crippen molar-refractivity contribution >= 4 is 5.96 Å². The minimum absolute atomic E-state index is 0.179. The fraction of sp³-hybridized carbons (Fsp3) is 0.562. The van der Waals surface area contributed by atoms with Crippen LogP contribution in [0.25, 0.3) is 0 Å². The third-order valence-electron chi connectivity index (χ3n) is 3.64. The molecule has 1 aliphatic rings.